The summed E-state index contributed by atoms with van der Waals surface area (Å²) >= 11 is 0. The molecular formula is C16H28N2. The first kappa shape index (κ1) is 14.9. The molecule has 1 rings (SSSR count). The molecule has 1 aromatic carbocycles. The zero-order valence-corrected chi connectivity index (χ0v) is 12.1. The lowest BCUT2D eigenvalue weighted by Gasteiger charge is -2.12. The number of unbranched alkanes of at least 4 members (excludes halogenated alkanes) is 3. The Morgan fingerprint density at radius 3 is 2.50 bits per heavy atom. The van der Waals surface area contributed by atoms with Crippen LogP contribution in [0.1, 0.15) is 51.5 Å². The summed E-state index contributed by atoms with van der Waals surface area (Å²) in [6.07, 6.45) is 6.61. The zero-order valence-electron chi connectivity index (χ0n) is 12.1. The molecule has 0 amide bonds. The van der Waals surface area contributed by atoms with Gasteiger partial charge in [0.25, 0.3) is 0 Å². The molecule has 0 atom stereocenters. The van der Waals surface area contributed by atoms with E-state index in [9.17, 15) is 0 Å². The topological polar surface area (TPSA) is 38.0 Å². The Labute approximate surface area is 112 Å². The van der Waals surface area contributed by atoms with Crippen LogP contribution in [-0.2, 0) is 0 Å². The van der Waals surface area contributed by atoms with Crippen LogP contribution in [0.3, 0.4) is 0 Å². The molecule has 0 unspecified atom stereocenters. The van der Waals surface area contributed by atoms with Crippen LogP contribution in [0.2, 0.25) is 0 Å². The van der Waals surface area contributed by atoms with Gasteiger partial charge in [0.1, 0.15) is 0 Å². The molecule has 0 spiro atoms. The van der Waals surface area contributed by atoms with Crippen molar-refractivity contribution in [3.63, 3.8) is 0 Å². The van der Waals surface area contributed by atoms with Crippen molar-refractivity contribution in [1.29, 1.82) is 0 Å². The van der Waals surface area contributed by atoms with Crippen LogP contribution in [-0.4, -0.2) is 6.54 Å². The largest absolute Gasteiger partial charge is 0.397 e. The van der Waals surface area contributed by atoms with Gasteiger partial charge >= 0.3 is 0 Å². The first-order chi connectivity index (χ1) is 8.61. The minimum Gasteiger partial charge on any atom is -0.397 e. The molecule has 0 saturated carbocycles. The second kappa shape index (κ2) is 8.02. The first-order valence-corrected chi connectivity index (χ1v) is 7.20. The molecule has 0 bridgehead atoms. The number of anilines is 2. The van der Waals surface area contributed by atoms with Crippen molar-refractivity contribution >= 4 is 11.4 Å². The lowest BCUT2D eigenvalue weighted by atomic mass is 10.0. The maximum atomic E-state index is 5.95. The number of nitrogens with one attached hydrogen (secondary N) is 1. The van der Waals surface area contributed by atoms with E-state index in [4.69, 9.17) is 5.73 Å². The molecule has 18 heavy (non-hydrogen) atoms. The van der Waals surface area contributed by atoms with Crippen molar-refractivity contribution in [2.75, 3.05) is 17.6 Å². The van der Waals surface area contributed by atoms with Gasteiger partial charge in [0.05, 0.1) is 11.4 Å². The zero-order chi connectivity index (χ0) is 13.4. The molecule has 0 heterocycles. The van der Waals surface area contributed by atoms with Gasteiger partial charge in [-0.2, -0.15) is 0 Å². The third kappa shape index (κ3) is 5.44. The van der Waals surface area contributed by atoms with Crippen molar-refractivity contribution < 1.29 is 0 Å². The average molecular weight is 248 g/mol. The number of aryl methyl sites for hydroxylation is 1. The van der Waals surface area contributed by atoms with E-state index in [1.165, 1.54) is 37.7 Å². The van der Waals surface area contributed by atoms with Gasteiger partial charge in [-0.25, -0.2) is 0 Å². The summed E-state index contributed by atoms with van der Waals surface area (Å²) in [5, 5.41) is 3.46. The van der Waals surface area contributed by atoms with E-state index in [1.54, 1.807) is 0 Å². The Morgan fingerprint density at radius 2 is 1.83 bits per heavy atom. The molecule has 0 aliphatic heterocycles. The molecule has 0 radical (unpaired) electrons. The van der Waals surface area contributed by atoms with Gasteiger partial charge in [-0.15, -0.1) is 0 Å². The van der Waals surface area contributed by atoms with Crippen LogP contribution in [0.25, 0.3) is 0 Å². The van der Waals surface area contributed by atoms with Crippen LogP contribution in [0, 0.1) is 12.8 Å². The van der Waals surface area contributed by atoms with Gasteiger partial charge in [0.15, 0.2) is 0 Å². The maximum Gasteiger partial charge on any atom is 0.0603 e. The van der Waals surface area contributed by atoms with Crippen molar-refractivity contribution in [2.45, 2.75) is 52.9 Å². The Morgan fingerprint density at radius 1 is 1.11 bits per heavy atom. The molecule has 0 saturated heterocycles. The molecule has 102 valence electrons. The van der Waals surface area contributed by atoms with Gasteiger partial charge in [-0.05, 0) is 30.9 Å². The standard InChI is InChI=1S/C16H28N2/c1-13(2)9-6-4-5-7-12-18-16-14(3)10-8-11-15(16)17/h8,10-11,13,18H,4-7,9,12,17H2,1-3H3. The van der Waals surface area contributed by atoms with Gasteiger partial charge in [0.2, 0.25) is 0 Å². The molecule has 0 aliphatic carbocycles. The van der Waals surface area contributed by atoms with Crippen LogP contribution in [0.4, 0.5) is 11.4 Å². The third-order valence-corrected chi connectivity index (χ3v) is 3.32. The molecule has 1 aromatic rings. The number of hydrogen-bond donors (Lipinski definition) is 2. The Kier molecular flexibility index (Phi) is 6.63. The molecule has 0 aromatic heterocycles. The monoisotopic (exact) mass is 248 g/mol. The maximum absolute atomic E-state index is 5.95. The number of nitrogen functional groups attached to an aromatic ring is 1. The van der Waals surface area contributed by atoms with E-state index < -0.39 is 0 Å². The van der Waals surface area contributed by atoms with Crippen molar-refractivity contribution in [1.82, 2.24) is 0 Å². The fourth-order valence-corrected chi connectivity index (χ4v) is 2.18. The summed E-state index contributed by atoms with van der Waals surface area (Å²) in [6.45, 7) is 7.71. The molecule has 2 nitrogen and oxygen atoms in total. The highest BCUT2D eigenvalue weighted by atomic mass is 14.9. The molecular weight excluding hydrogens is 220 g/mol. The second-order valence-electron chi connectivity index (χ2n) is 5.56. The fraction of sp³-hybridized carbons (Fsp3) is 0.625. The summed E-state index contributed by atoms with van der Waals surface area (Å²) in [6, 6.07) is 6.06. The predicted molar refractivity (Wildman–Crippen MR) is 82.0 cm³/mol. The molecule has 0 aliphatic rings. The van der Waals surface area contributed by atoms with E-state index >= 15 is 0 Å². The Balaban J connectivity index is 2.14. The highest BCUT2D eigenvalue weighted by Gasteiger charge is 2.01. The number of nitrogens with two attached hydrogens (primary N) is 1. The summed E-state index contributed by atoms with van der Waals surface area (Å²) in [7, 11) is 0. The van der Waals surface area contributed by atoms with Gasteiger partial charge in [-0.3, -0.25) is 0 Å². The number of benzene rings is 1. The van der Waals surface area contributed by atoms with Gasteiger partial charge < -0.3 is 11.1 Å². The minimum atomic E-state index is 0.842. The van der Waals surface area contributed by atoms with Crippen LogP contribution in [0.5, 0.6) is 0 Å². The van der Waals surface area contributed by atoms with Crippen molar-refractivity contribution in [3.05, 3.63) is 23.8 Å². The third-order valence-electron chi connectivity index (χ3n) is 3.32. The lowest BCUT2D eigenvalue weighted by Crippen LogP contribution is -2.05. The van der Waals surface area contributed by atoms with Crippen LogP contribution >= 0.6 is 0 Å². The van der Waals surface area contributed by atoms with E-state index in [0.29, 0.717) is 0 Å². The SMILES string of the molecule is Cc1cccc(N)c1NCCCCCCC(C)C. The lowest BCUT2D eigenvalue weighted by molar-refractivity contribution is 0.523. The summed E-state index contributed by atoms with van der Waals surface area (Å²) < 4.78 is 0. The quantitative estimate of drug-likeness (QED) is 0.521. The van der Waals surface area contributed by atoms with Crippen molar-refractivity contribution in [2.24, 2.45) is 5.92 Å². The van der Waals surface area contributed by atoms with Crippen LogP contribution in [0.15, 0.2) is 18.2 Å². The summed E-state index contributed by atoms with van der Waals surface area (Å²) in [5.41, 5.74) is 9.15. The molecule has 3 N–H and O–H groups in total. The molecule has 0 fully saturated rings. The number of hydrogen-bond acceptors (Lipinski definition) is 2. The fourth-order valence-electron chi connectivity index (χ4n) is 2.18. The number of rotatable bonds is 8. The van der Waals surface area contributed by atoms with E-state index in [0.717, 1.165) is 23.8 Å². The Bertz CT molecular complexity index is 325. The summed E-state index contributed by atoms with van der Waals surface area (Å²) in [5.74, 6) is 0.842. The van der Waals surface area contributed by atoms with Crippen molar-refractivity contribution in [3.8, 4) is 0 Å². The highest BCUT2D eigenvalue weighted by molar-refractivity contribution is 5.69. The normalized spacial score (nSPS) is 10.9. The van der Waals surface area contributed by atoms with E-state index in [-0.39, 0.29) is 0 Å². The Hall–Kier alpha value is -1.18. The highest BCUT2D eigenvalue weighted by Crippen LogP contribution is 2.22. The van der Waals surface area contributed by atoms with Gasteiger partial charge in [-0.1, -0.05) is 51.7 Å². The van der Waals surface area contributed by atoms with Gasteiger partial charge in [0, 0.05) is 6.54 Å². The van der Waals surface area contributed by atoms with E-state index in [1.807, 2.05) is 12.1 Å². The average Bonchev–Trinajstić information content (AvgIpc) is 2.30. The summed E-state index contributed by atoms with van der Waals surface area (Å²) in [4.78, 5) is 0. The second-order valence-corrected chi connectivity index (χ2v) is 5.56. The van der Waals surface area contributed by atoms with E-state index in [2.05, 4.69) is 32.2 Å². The smallest absolute Gasteiger partial charge is 0.0603 e. The predicted octanol–water partition coefficient (Wildman–Crippen LogP) is 4.60. The first-order valence-electron chi connectivity index (χ1n) is 7.20. The minimum absolute atomic E-state index is 0.842. The number of para-hydroxylation sites is 1. The van der Waals surface area contributed by atoms with Crippen LogP contribution < -0.4 is 11.1 Å². The molecule has 2 heteroatoms.